The highest BCUT2D eigenvalue weighted by molar-refractivity contribution is 4.90. The average Bonchev–Trinajstić information content (AvgIpc) is 2.51. The molecule has 0 spiro atoms. The molecule has 1 saturated heterocycles. The second-order valence-corrected chi connectivity index (χ2v) is 3.78. The second-order valence-electron chi connectivity index (χ2n) is 3.78. The van der Waals surface area contributed by atoms with Crippen molar-refractivity contribution in [3.8, 4) is 0 Å². The fraction of sp³-hybridized carbons (Fsp3) is 0.800. The summed E-state index contributed by atoms with van der Waals surface area (Å²) in [5, 5.41) is 0. The molecule has 1 fully saturated rings. The second kappa shape index (κ2) is 4.63. The Balaban J connectivity index is 2.17. The van der Waals surface area contributed by atoms with E-state index in [9.17, 15) is 0 Å². The molecule has 0 aromatic carbocycles. The van der Waals surface area contributed by atoms with E-state index in [2.05, 4.69) is 13.5 Å². The van der Waals surface area contributed by atoms with Gasteiger partial charge < -0.3 is 10.5 Å². The standard InChI is InChI=1S/C10H19NO/c1-8(2)3-4-10(11)9-5-6-12-7-9/h9-10H,1,3-7,11H2,2H3. The van der Waals surface area contributed by atoms with Crippen molar-refractivity contribution in [2.24, 2.45) is 11.7 Å². The van der Waals surface area contributed by atoms with Gasteiger partial charge in [0.15, 0.2) is 0 Å². The fourth-order valence-corrected chi connectivity index (χ4v) is 1.54. The van der Waals surface area contributed by atoms with E-state index >= 15 is 0 Å². The van der Waals surface area contributed by atoms with Crippen LogP contribution in [0.4, 0.5) is 0 Å². The van der Waals surface area contributed by atoms with Crippen LogP contribution in [-0.4, -0.2) is 19.3 Å². The summed E-state index contributed by atoms with van der Waals surface area (Å²) in [6.45, 7) is 7.67. The van der Waals surface area contributed by atoms with Crippen LogP contribution in [-0.2, 0) is 4.74 Å². The summed E-state index contributed by atoms with van der Waals surface area (Å²) in [6.07, 6.45) is 3.25. The molecule has 70 valence electrons. The molecule has 2 nitrogen and oxygen atoms in total. The van der Waals surface area contributed by atoms with Crippen LogP contribution in [0.2, 0.25) is 0 Å². The predicted octanol–water partition coefficient (Wildman–Crippen LogP) is 1.71. The minimum absolute atomic E-state index is 0.309. The zero-order chi connectivity index (χ0) is 8.97. The largest absolute Gasteiger partial charge is 0.381 e. The summed E-state index contributed by atoms with van der Waals surface area (Å²) < 4.78 is 5.28. The van der Waals surface area contributed by atoms with Crippen LogP contribution in [0, 0.1) is 5.92 Å². The number of allylic oxidation sites excluding steroid dienone is 1. The van der Waals surface area contributed by atoms with Crippen molar-refractivity contribution in [2.75, 3.05) is 13.2 Å². The summed E-state index contributed by atoms with van der Waals surface area (Å²) >= 11 is 0. The molecule has 2 unspecified atom stereocenters. The van der Waals surface area contributed by atoms with E-state index in [0.717, 1.165) is 32.5 Å². The van der Waals surface area contributed by atoms with Crippen LogP contribution < -0.4 is 5.73 Å². The van der Waals surface area contributed by atoms with Crippen LogP contribution in [0.15, 0.2) is 12.2 Å². The molecule has 1 aliphatic rings. The molecule has 12 heavy (non-hydrogen) atoms. The van der Waals surface area contributed by atoms with Gasteiger partial charge in [-0.3, -0.25) is 0 Å². The van der Waals surface area contributed by atoms with E-state index in [1.807, 2.05) is 0 Å². The van der Waals surface area contributed by atoms with E-state index in [4.69, 9.17) is 10.5 Å². The Morgan fingerprint density at radius 2 is 2.50 bits per heavy atom. The number of nitrogens with two attached hydrogens (primary N) is 1. The minimum Gasteiger partial charge on any atom is -0.381 e. The van der Waals surface area contributed by atoms with E-state index in [-0.39, 0.29) is 0 Å². The monoisotopic (exact) mass is 169 g/mol. The SMILES string of the molecule is C=C(C)CCC(N)C1CCOC1. The van der Waals surface area contributed by atoms with E-state index in [1.165, 1.54) is 5.57 Å². The van der Waals surface area contributed by atoms with Crippen molar-refractivity contribution < 1.29 is 4.74 Å². The molecule has 0 aromatic rings. The highest BCUT2D eigenvalue weighted by atomic mass is 16.5. The van der Waals surface area contributed by atoms with Gasteiger partial charge in [-0.1, -0.05) is 5.57 Å². The maximum absolute atomic E-state index is 6.01. The topological polar surface area (TPSA) is 35.2 Å². The molecule has 2 atom stereocenters. The highest BCUT2D eigenvalue weighted by Gasteiger charge is 2.21. The molecule has 2 N–H and O–H groups in total. The first-order chi connectivity index (χ1) is 5.70. The molecule has 0 aliphatic carbocycles. The van der Waals surface area contributed by atoms with Gasteiger partial charge in [-0.2, -0.15) is 0 Å². The van der Waals surface area contributed by atoms with Crippen molar-refractivity contribution in [3.05, 3.63) is 12.2 Å². The number of ether oxygens (including phenoxy) is 1. The van der Waals surface area contributed by atoms with Gasteiger partial charge in [0, 0.05) is 12.6 Å². The first kappa shape index (κ1) is 9.75. The lowest BCUT2D eigenvalue weighted by molar-refractivity contribution is 0.180. The number of hydrogen-bond acceptors (Lipinski definition) is 2. The molecular formula is C10H19NO. The van der Waals surface area contributed by atoms with Gasteiger partial charge in [0.2, 0.25) is 0 Å². The Labute approximate surface area is 74.8 Å². The summed E-state index contributed by atoms with van der Waals surface area (Å²) in [5.74, 6) is 0.587. The summed E-state index contributed by atoms with van der Waals surface area (Å²) in [6, 6.07) is 0.309. The normalized spacial score (nSPS) is 25.7. The molecule has 0 aromatic heterocycles. The van der Waals surface area contributed by atoms with Crippen LogP contribution in [0.3, 0.4) is 0 Å². The first-order valence-corrected chi connectivity index (χ1v) is 4.68. The Hall–Kier alpha value is -0.340. The third-order valence-electron chi connectivity index (χ3n) is 2.47. The van der Waals surface area contributed by atoms with Gasteiger partial charge in [0.25, 0.3) is 0 Å². The molecule has 0 bridgehead atoms. The van der Waals surface area contributed by atoms with Gasteiger partial charge in [-0.25, -0.2) is 0 Å². The van der Waals surface area contributed by atoms with Gasteiger partial charge in [0.05, 0.1) is 6.61 Å². The van der Waals surface area contributed by atoms with Gasteiger partial charge >= 0.3 is 0 Å². The van der Waals surface area contributed by atoms with Crippen LogP contribution in [0.5, 0.6) is 0 Å². The van der Waals surface area contributed by atoms with Crippen LogP contribution in [0.1, 0.15) is 26.2 Å². The number of hydrogen-bond donors (Lipinski definition) is 1. The van der Waals surface area contributed by atoms with E-state index in [1.54, 1.807) is 0 Å². The fourth-order valence-electron chi connectivity index (χ4n) is 1.54. The molecule has 1 heterocycles. The van der Waals surface area contributed by atoms with Crippen LogP contribution in [0.25, 0.3) is 0 Å². The van der Waals surface area contributed by atoms with Crippen LogP contribution >= 0.6 is 0 Å². The zero-order valence-electron chi connectivity index (χ0n) is 7.88. The lowest BCUT2D eigenvalue weighted by Crippen LogP contribution is -2.30. The Kier molecular flexibility index (Phi) is 3.76. The molecule has 2 heteroatoms. The molecule has 1 aliphatic heterocycles. The summed E-state index contributed by atoms with van der Waals surface area (Å²) in [4.78, 5) is 0. The van der Waals surface area contributed by atoms with Gasteiger partial charge in [-0.15, -0.1) is 6.58 Å². The Morgan fingerprint density at radius 1 is 1.75 bits per heavy atom. The van der Waals surface area contributed by atoms with E-state index < -0.39 is 0 Å². The quantitative estimate of drug-likeness (QED) is 0.650. The molecular weight excluding hydrogens is 150 g/mol. The van der Waals surface area contributed by atoms with Crippen molar-refractivity contribution in [1.82, 2.24) is 0 Å². The van der Waals surface area contributed by atoms with Gasteiger partial charge in [-0.05, 0) is 32.1 Å². The Morgan fingerprint density at radius 3 is 3.00 bits per heavy atom. The Bertz CT molecular complexity index is 150. The smallest absolute Gasteiger partial charge is 0.0509 e. The molecule has 0 radical (unpaired) electrons. The lowest BCUT2D eigenvalue weighted by Gasteiger charge is -2.16. The van der Waals surface area contributed by atoms with Crippen molar-refractivity contribution in [2.45, 2.75) is 32.2 Å². The summed E-state index contributed by atoms with van der Waals surface area (Å²) in [7, 11) is 0. The predicted molar refractivity (Wildman–Crippen MR) is 50.9 cm³/mol. The minimum atomic E-state index is 0.309. The van der Waals surface area contributed by atoms with Crippen molar-refractivity contribution in [3.63, 3.8) is 0 Å². The zero-order valence-corrected chi connectivity index (χ0v) is 7.88. The highest BCUT2D eigenvalue weighted by Crippen LogP contribution is 2.19. The van der Waals surface area contributed by atoms with Gasteiger partial charge in [0.1, 0.15) is 0 Å². The third-order valence-corrected chi connectivity index (χ3v) is 2.47. The summed E-state index contributed by atoms with van der Waals surface area (Å²) in [5.41, 5.74) is 7.23. The lowest BCUT2D eigenvalue weighted by atomic mass is 9.95. The van der Waals surface area contributed by atoms with Crippen molar-refractivity contribution >= 4 is 0 Å². The van der Waals surface area contributed by atoms with Crippen molar-refractivity contribution in [1.29, 1.82) is 0 Å². The molecule has 1 rings (SSSR count). The van der Waals surface area contributed by atoms with E-state index in [0.29, 0.717) is 12.0 Å². The molecule has 0 saturated carbocycles. The maximum Gasteiger partial charge on any atom is 0.0509 e. The average molecular weight is 169 g/mol. The molecule has 0 amide bonds. The third kappa shape index (κ3) is 2.95. The number of rotatable bonds is 4. The first-order valence-electron chi connectivity index (χ1n) is 4.68. The maximum atomic E-state index is 6.01.